The van der Waals surface area contributed by atoms with E-state index in [4.69, 9.17) is 4.74 Å². The van der Waals surface area contributed by atoms with Crippen LogP contribution in [-0.4, -0.2) is 23.5 Å². The van der Waals surface area contributed by atoms with Gasteiger partial charge in [0.25, 0.3) is 5.91 Å². The topological polar surface area (TPSA) is 59.5 Å². The van der Waals surface area contributed by atoms with Crippen molar-refractivity contribution in [1.29, 1.82) is 0 Å². The van der Waals surface area contributed by atoms with Crippen LogP contribution in [0.4, 0.5) is 9.52 Å². The van der Waals surface area contributed by atoms with Gasteiger partial charge in [0.15, 0.2) is 11.7 Å². The number of ether oxygens (including phenoxy) is 1. The molecule has 4 rings (SSSR count). The number of rotatable bonds is 7. The smallest absolute Gasteiger partial charge is 0.339 e. The van der Waals surface area contributed by atoms with Crippen molar-refractivity contribution in [2.45, 2.75) is 6.54 Å². The number of thiophene rings is 1. The molecule has 0 aliphatic rings. The van der Waals surface area contributed by atoms with Gasteiger partial charge in [-0.15, -0.1) is 11.3 Å². The van der Waals surface area contributed by atoms with Gasteiger partial charge in [-0.3, -0.25) is 9.69 Å². The van der Waals surface area contributed by atoms with E-state index in [2.05, 4.69) is 4.98 Å². The van der Waals surface area contributed by atoms with Crippen LogP contribution in [-0.2, 0) is 16.1 Å². The highest BCUT2D eigenvalue weighted by molar-refractivity contribution is 7.14. The summed E-state index contributed by atoms with van der Waals surface area (Å²) in [6, 6.07) is 17.2. The van der Waals surface area contributed by atoms with E-state index in [0.29, 0.717) is 16.4 Å². The zero-order chi connectivity index (χ0) is 21.6. The summed E-state index contributed by atoms with van der Waals surface area (Å²) in [5.74, 6) is -1.25. The minimum atomic E-state index is -0.541. The van der Waals surface area contributed by atoms with Gasteiger partial charge < -0.3 is 4.74 Å². The van der Waals surface area contributed by atoms with Crippen LogP contribution in [0.5, 0.6) is 0 Å². The van der Waals surface area contributed by atoms with E-state index in [9.17, 15) is 14.0 Å². The molecule has 0 spiro atoms. The predicted molar refractivity (Wildman–Crippen MR) is 120 cm³/mol. The molecule has 0 N–H and O–H groups in total. The highest BCUT2D eigenvalue weighted by Crippen LogP contribution is 2.29. The number of benzene rings is 2. The summed E-state index contributed by atoms with van der Waals surface area (Å²) in [4.78, 5) is 31.2. The highest BCUT2D eigenvalue weighted by atomic mass is 32.1. The molecular weight excluding hydrogens is 435 g/mol. The fourth-order valence-corrected chi connectivity index (χ4v) is 4.31. The maximum Gasteiger partial charge on any atom is 0.339 e. The van der Waals surface area contributed by atoms with Crippen LogP contribution >= 0.6 is 22.7 Å². The van der Waals surface area contributed by atoms with Crippen molar-refractivity contribution < 1.29 is 18.7 Å². The van der Waals surface area contributed by atoms with Crippen molar-refractivity contribution in [3.05, 3.63) is 93.7 Å². The summed E-state index contributed by atoms with van der Waals surface area (Å²) < 4.78 is 18.4. The van der Waals surface area contributed by atoms with Gasteiger partial charge in [0.1, 0.15) is 5.82 Å². The van der Waals surface area contributed by atoms with Gasteiger partial charge in [0, 0.05) is 16.3 Å². The average Bonchev–Trinajstić information content (AvgIpc) is 3.49. The molecule has 0 fully saturated rings. The Hall–Kier alpha value is -3.36. The molecule has 0 bridgehead atoms. The first kappa shape index (κ1) is 20.9. The van der Waals surface area contributed by atoms with E-state index in [1.165, 1.54) is 39.7 Å². The maximum atomic E-state index is 13.2. The zero-order valence-corrected chi connectivity index (χ0v) is 17.9. The van der Waals surface area contributed by atoms with Gasteiger partial charge in [-0.2, -0.15) is 11.3 Å². The number of hydrogen-bond acceptors (Lipinski definition) is 6. The summed E-state index contributed by atoms with van der Waals surface area (Å²) in [6.45, 7) is -0.112. The molecule has 1 amide bonds. The van der Waals surface area contributed by atoms with Crippen molar-refractivity contribution in [2.75, 3.05) is 11.5 Å². The molecule has 0 aliphatic carbocycles. The van der Waals surface area contributed by atoms with Gasteiger partial charge in [0.05, 0.1) is 17.8 Å². The number of hydrogen-bond donors (Lipinski definition) is 0. The molecule has 0 radical (unpaired) electrons. The van der Waals surface area contributed by atoms with Crippen LogP contribution in [0.2, 0.25) is 0 Å². The number of nitrogens with zero attached hydrogens (tertiary/aromatic N) is 2. The molecule has 2 aromatic carbocycles. The van der Waals surface area contributed by atoms with E-state index >= 15 is 0 Å². The Morgan fingerprint density at radius 1 is 1.00 bits per heavy atom. The number of aromatic nitrogens is 1. The van der Waals surface area contributed by atoms with Gasteiger partial charge in [-0.25, -0.2) is 14.2 Å². The SMILES string of the molecule is O=C(OCC(=O)N(Cc1ccccc1)c1nc(-c2ccc(F)cc2)cs1)c1ccsc1. The monoisotopic (exact) mass is 452 g/mol. The van der Waals surface area contributed by atoms with Gasteiger partial charge in [-0.05, 0) is 41.3 Å². The Morgan fingerprint density at radius 2 is 1.77 bits per heavy atom. The lowest BCUT2D eigenvalue weighted by Gasteiger charge is -2.20. The van der Waals surface area contributed by atoms with E-state index in [1.54, 1.807) is 29.0 Å². The summed E-state index contributed by atoms with van der Waals surface area (Å²) in [5, 5.41) is 5.72. The Balaban J connectivity index is 1.54. The van der Waals surface area contributed by atoms with Crippen molar-refractivity contribution in [2.24, 2.45) is 0 Å². The maximum absolute atomic E-state index is 13.2. The van der Waals surface area contributed by atoms with E-state index in [1.807, 2.05) is 35.7 Å². The lowest BCUT2D eigenvalue weighted by atomic mass is 10.2. The first-order valence-electron chi connectivity index (χ1n) is 9.35. The van der Waals surface area contributed by atoms with Crippen molar-refractivity contribution >= 4 is 39.7 Å². The normalized spacial score (nSPS) is 10.6. The fourth-order valence-electron chi connectivity index (χ4n) is 2.84. The van der Waals surface area contributed by atoms with Crippen LogP contribution < -0.4 is 4.90 Å². The molecule has 0 saturated carbocycles. The lowest BCUT2D eigenvalue weighted by Crippen LogP contribution is -2.34. The van der Waals surface area contributed by atoms with E-state index in [-0.39, 0.29) is 18.3 Å². The average molecular weight is 453 g/mol. The standard InChI is InChI=1S/C23H17FN2O3S2/c24-19-8-6-17(7-9-19)20-15-31-23(25-20)26(12-16-4-2-1-3-5-16)21(27)13-29-22(28)18-10-11-30-14-18/h1-11,14-15H,12-13H2. The highest BCUT2D eigenvalue weighted by Gasteiger charge is 2.22. The summed E-state index contributed by atoms with van der Waals surface area (Å²) >= 11 is 2.68. The van der Waals surface area contributed by atoms with Crippen molar-refractivity contribution in [3.8, 4) is 11.3 Å². The fraction of sp³-hybridized carbons (Fsp3) is 0.0870. The number of anilines is 1. The second kappa shape index (κ2) is 9.63. The van der Waals surface area contributed by atoms with Gasteiger partial charge in [-0.1, -0.05) is 30.3 Å². The lowest BCUT2D eigenvalue weighted by molar-refractivity contribution is -0.121. The minimum Gasteiger partial charge on any atom is -0.452 e. The van der Waals surface area contributed by atoms with Crippen LogP contribution in [0.25, 0.3) is 11.3 Å². The summed E-state index contributed by atoms with van der Waals surface area (Å²) in [5.41, 5.74) is 2.72. The molecule has 0 atom stereocenters. The van der Waals surface area contributed by atoms with Crippen LogP contribution in [0.1, 0.15) is 15.9 Å². The molecule has 8 heteroatoms. The Morgan fingerprint density at radius 3 is 2.48 bits per heavy atom. The van der Waals surface area contributed by atoms with Crippen LogP contribution in [0, 0.1) is 5.82 Å². The second-order valence-electron chi connectivity index (χ2n) is 6.58. The third-order valence-corrected chi connectivity index (χ3v) is 5.98. The van der Waals surface area contributed by atoms with Crippen molar-refractivity contribution in [3.63, 3.8) is 0 Å². The quantitative estimate of drug-likeness (QED) is 0.352. The third-order valence-electron chi connectivity index (χ3n) is 4.43. The number of amides is 1. The predicted octanol–water partition coefficient (Wildman–Crippen LogP) is 5.40. The first-order chi connectivity index (χ1) is 15.1. The largest absolute Gasteiger partial charge is 0.452 e. The number of carbonyl (C=O) groups is 2. The Kier molecular flexibility index (Phi) is 6.49. The molecule has 2 aromatic heterocycles. The molecule has 5 nitrogen and oxygen atoms in total. The zero-order valence-electron chi connectivity index (χ0n) is 16.2. The molecule has 31 heavy (non-hydrogen) atoms. The molecular formula is C23H17FN2O3S2. The molecule has 0 saturated heterocycles. The Bertz CT molecular complexity index is 1160. The van der Waals surface area contributed by atoms with E-state index in [0.717, 1.165) is 11.1 Å². The molecule has 156 valence electrons. The van der Waals surface area contributed by atoms with Crippen LogP contribution in [0.3, 0.4) is 0 Å². The molecule has 4 aromatic rings. The summed E-state index contributed by atoms with van der Waals surface area (Å²) in [7, 11) is 0. The molecule has 0 unspecified atom stereocenters. The van der Waals surface area contributed by atoms with Gasteiger partial charge in [0.2, 0.25) is 0 Å². The number of halogens is 1. The van der Waals surface area contributed by atoms with E-state index < -0.39 is 12.6 Å². The minimum absolute atomic E-state index is 0.284. The third kappa shape index (κ3) is 5.22. The Labute approximate surface area is 186 Å². The number of carbonyl (C=O) groups excluding carboxylic acids is 2. The second-order valence-corrected chi connectivity index (χ2v) is 8.19. The first-order valence-corrected chi connectivity index (χ1v) is 11.2. The van der Waals surface area contributed by atoms with Crippen molar-refractivity contribution in [1.82, 2.24) is 4.98 Å². The van der Waals surface area contributed by atoms with Gasteiger partial charge >= 0.3 is 5.97 Å². The number of esters is 1. The van der Waals surface area contributed by atoms with Crippen LogP contribution in [0.15, 0.2) is 76.8 Å². The number of thiazole rings is 1. The summed E-state index contributed by atoms with van der Waals surface area (Å²) in [6.07, 6.45) is 0. The molecule has 2 heterocycles. The molecule has 0 aliphatic heterocycles.